The number of anilines is 1. The largest absolute Gasteiger partial charge is 0.324 e. The minimum Gasteiger partial charge on any atom is -0.324 e. The highest BCUT2D eigenvalue weighted by atomic mass is 32.2. The summed E-state index contributed by atoms with van der Waals surface area (Å²) in [7, 11) is 1.93. The number of carbonyl (C=O) groups is 1. The summed E-state index contributed by atoms with van der Waals surface area (Å²) >= 11 is 1.41. The van der Waals surface area contributed by atoms with Crippen molar-refractivity contribution in [3.05, 3.63) is 71.5 Å². The second kappa shape index (κ2) is 10.1. The Balaban J connectivity index is 1.65. The van der Waals surface area contributed by atoms with Gasteiger partial charge in [0.05, 0.1) is 35.4 Å². The number of rotatable bonds is 8. The van der Waals surface area contributed by atoms with Crippen molar-refractivity contribution in [2.75, 3.05) is 24.7 Å². The number of hydrogen-bond donors (Lipinski definition) is 1. The molecule has 0 bridgehead atoms. The van der Waals surface area contributed by atoms with Gasteiger partial charge in [-0.25, -0.2) is 4.68 Å². The average molecular weight is 420 g/mol. The summed E-state index contributed by atoms with van der Waals surface area (Å²) in [5, 5.41) is 16.5. The average Bonchev–Trinajstić information content (AvgIpc) is 3.02. The second-order valence-electron chi connectivity index (χ2n) is 7.06. The molecule has 3 aromatic rings. The van der Waals surface area contributed by atoms with E-state index in [1.165, 1.54) is 11.8 Å². The van der Waals surface area contributed by atoms with Crippen molar-refractivity contribution < 1.29 is 4.79 Å². The summed E-state index contributed by atoms with van der Waals surface area (Å²) < 4.78 is 1.95. The van der Waals surface area contributed by atoms with E-state index in [4.69, 9.17) is 5.26 Å². The number of likely N-dealkylation sites (N-methyl/N-ethyl adjacent to an activating group) is 1. The normalized spacial score (nSPS) is 10.8. The number of amides is 1. The lowest BCUT2D eigenvalue weighted by Crippen LogP contribution is -2.30. The second-order valence-corrected chi connectivity index (χ2v) is 8.08. The maximum absolute atomic E-state index is 12.6. The zero-order valence-corrected chi connectivity index (χ0v) is 18.2. The van der Waals surface area contributed by atoms with Gasteiger partial charge >= 0.3 is 0 Å². The van der Waals surface area contributed by atoms with Gasteiger partial charge in [-0.2, -0.15) is 10.4 Å². The SMILES string of the molecule is Cc1nn(-c2ccccc2)c(C)c1CN(C)CC(=O)Nc1ccccc1SCC#N. The Hall–Kier alpha value is -3.08. The minimum atomic E-state index is -0.0896. The standard InChI is InChI=1S/C23H25N5OS/c1-17-20(18(2)28(26-17)19-9-5-4-6-10-19)15-27(3)16-23(29)25-21-11-7-8-12-22(21)30-14-13-24/h4-12H,14-16H2,1-3H3,(H,25,29). The van der Waals surface area contributed by atoms with Gasteiger partial charge in [-0.15, -0.1) is 11.8 Å². The van der Waals surface area contributed by atoms with Gasteiger partial charge in [-0.1, -0.05) is 30.3 Å². The highest BCUT2D eigenvalue weighted by Crippen LogP contribution is 2.26. The van der Waals surface area contributed by atoms with E-state index in [0.29, 0.717) is 12.3 Å². The first-order valence-corrected chi connectivity index (χ1v) is 10.7. The van der Waals surface area contributed by atoms with Gasteiger partial charge in [-0.3, -0.25) is 9.69 Å². The van der Waals surface area contributed by atoms with Crippen molar-refractivity contribution in [3.63, 3.8) is 0 Å². The third kappa shape index (κ3) is 5.29. The van der Waals surface area contributed by atoms with E-state index in [0.717, 1.165) is 33.2 Å². The van der Waals surface area contributed by atoms with Crippen LogP contribution in [-0.2, 0) is 11.3 Å². The van der Waals surface area contributed by atoms with E-state index in [-0.39, 0.29) is 12.5 Å². The van der Waals surface area contributed by atoms with Gasteiger partial charge in [0, 0.05) is 22.7 Å². The molecule has 6 nitrogen and oxygen atoms in total. The summed E-state index contributed by atoms with van der Waals surface area (Å²) in [6, 6.07) is 19.7. The smallest absolute Gasteiger partial charge is 0.238 e. The Bertz CT molecular complexity index is 1060. The van der Waals surface area contributed by atoms with Crippen molar-refractivity contribution >= 4 is 23.4 Å². The van der Waals surface area contributed by atoms with E-state index in [1.807, 2.05) is 78.2 Å². The third-order valence-electron chi connectivity index (χ3n) is 4.74. The Morgan fingerprint density at radius 2 is 1.87 bits per heavy atom. The van der Waals surface area contributed by atoms with Crippen LogP contribution in [0.4, 0.5) is 5.69 Å². The van der Waals surface area contributed by atoms with E-state index >= 15 is 0 Å². The number of nitrogens with one attached hydrogen (secondary N) is 1. The highest BCUT2D eigenvalue weighted by Gasteiger charge is 2.16. The first kappa shape index (κ1) is 21.6. The van der Waals surface area contributed by atoms with Crippen LogP contribution >= 0.6 is 11.8 Å². The Kier molecular flexibility index (Phi) is 7.28. The molecule has 0 aliphatic heterocycles. The molecule has 0 saturated carbocycles. The summed E-state index contributed by atoms with van der Waals surface area (Å²) in [5.74, 6) is 0.254. The van der Waals surface area contributed by atoms with Crippen LogP contribution in [0.25, 0.3) is 5.69 Å². The van der Waals surface area contributed by atoms with Gasteiger partial charge in [-0.05, 0) is 45.2 Å². The van der Waals surface area contributed by atoms with Gasteiger partial charge in [0.1, 0.15) is 0 Å². The van der Waals surface area contributed by atoms with Crippen molar-refractivity contribution in [2.45, 2.75) is 25.3 Å². The summed E-state index contributed by atoms with van der Waals surface area (Å²) in [4.78, 5) is 15.5. The molecule has 1 N–H and O–H groups in total. The van der Waals surface area contributed by atoms with Gasteiger partial charge in [0.15, 0.2) is 0 Å². The monoisotopic (exact) mass is 419 g/mol. The van der Waals surface area contributed by atoms with Crippen LogP contribution in [0.5, 0.6) is 0 Å². The Morgan fingerprint density at radius 3 is 2.60 bits per heavy atom. The molecule has 3 rings (SSSR count). The molecule has 0 unspecified atom stereocenters. The Labute approximate surface area is 181 Å². The fourth-order valence-electron chi connectivity index (χ4n) is 3.29. The van der Waals surface area contributed by atoms with E-state index in [1.54, 1.807) is 0 Å². The zero-order valence-electron chi connectivity index (χ0n) is 17.4. The molecule has 1 heterocycles. The number of nitrogens with zero attached hydrogens (tertiary/aromatic N) is 4. The number of hydrogen-bond acceptors (Lipinski definition) is 5. The molecule has 0 aliphatic rings. The summed E-state index contributed by atoms with van der Waals surface area (Å²) in [5.41, 5.74) is 4.92. The Morgan fingerprint density at radius 1 is 1.17 bits per heavy atom. The highest BCUT2D eigenvalue weighted by molar-refractivity contribution is 7.99. The van der Waals surface area contributed by atoms with Gasteiger partial charge in [0.25, 0.3) is 0 Å². The molecular weight excluding hydrogens is 394 g/mol. The molecule has 154 valence electrons. The molecule has 0 fully saturated rings. The lowest BCUT2D eigenvalue weighted by molar-refractivity contribution is -0.117. The van der Waals surface area contributed by atoms with Crippen molar-refractivity contribution in [1.29, 1.82) is 5.26 Å². The van der Waals surface area contributed by atoms with Gasteiger partial charge in [0.2, 0.25) is 5.91 Å². The van der Waals surface area contributed by atoms with Crippen LogP contribution in [-0.4, -0.2) is 39.9 Å². The minimum absolute atomic E-state index is 0.0896. The lowest BCUT2D eigenvalue weighted by Gasteiger charge is -2.17. The first-order valence-electron chi connectivity index (χ1n) is 9.67. The van der Waals surface area contributed by atoms with E-state index in [2.05, 4.69) is 23.4 Å². The van der Waals surface area contributed by atoms with Gasteiger partial charge < -0.3 is 5.32 Å². The van der Waals surface area contributed by atoms with Crippen molar-refractivity contribution in [1.82, 2.24) is 14.7 Å². The number of carbonyl (C=O) groups excluding carboxylic acids is 1. The molecule has 30 heavy (non-hydrogen) atoms. The van der Waals surface area contributed by atoms with Crippen LogP contribution in [0, 0.1) is 25.2 Å². The summed E-state index contributed by atoms with van der Waals surface area (Å²) in [6.07, 6.45) is 0. The molecule has 0 aliphatic carbocycles. The van der Waals surface area contributed by atoms with Crippen LogP contribution in [0.1, 0.15) is 17.0 Å². The molecule has 7 heteroatoms. The van der Waals surface area contributed by atoms with Crippen molar-refractivity contribution in [2.24, 2.45) is 0 Å². The quantitative estimate of drug-likeness (QED) is 0.555. The molecule has 0 atom stereocenters. The molecule has 0 spiro atoms. The molecular formula is C23H25N5OS. The van der Waals surface area contributed by atoms with Crippen LogP contribution < -0.4 is 5.32 Å². The topological polar surface area (TPSA) is 74.0 Å². The lowest BCUT2D eigenvalue weighted by atomic mass is 10.2. The number of benzene rings is 2. The van der Waals surface area contributed by atoms with Crippen LogP contribution in [0.15, 0.2) is 59.5 Å². The fourth-order valence-corrected chi connectivity index (χ4v) is 3.96. The number of nitriles is 1. The molecule has 1 aromatic heterocycles. The molecule has 1 amide bonds. The fraction of sp³-hybridized carbons (Fsp3) is 0.261. The number of para-hydroxylation sites is 2. The molecule has 2 aromatic carbocycles. The van der Waals surface area contributed by atoms with Crippen LogP contribution in [0.2, 0.25) is 0 Å². The summed E-state index contributed by atoms with van der Waals surface area (Å²) in [6.45, 7) is 4.94. The predicted molar refractivity (Wildman–Crippen MR) is 121 cm³/mol. The van der Waals surface area contributed by atoms with Crippen LogP contribution in [0.3, 0.4) is 0 Å². The first-order chi connectivity index (χ1) is 14.5. The molecule has 0 saturated heterocycles. The third-order valence-corrected chi connectivity index (χ3v) is 5.68. The number of aryl methyl sites for hydroxylation is 1. The zero-order chi connectivity index (χ0) is 21.5. The number of thioether (sulfide) groups is 1. The maximum Gasteiger partial charge on any atom is 0.238 e. The van der Waals surface area contributed by atoms with E-state index in [9.17, 15) is 4.79 Å². The predicted octanol–water partition coefficient (Wildman–Crippen LogP) is 4.18. The van der Waals surface area contributed by atoms with E-state index < -0.39 is 0 Å². The maximum atomic E-state index is 12.6. The number of aromatic nitrogens is 2. The molecule has 0 radical (unpaired) electrons. The van der Waals surface area contributed by atoms with Crippen molar-refractivity contribution in [3.8, 4) is 11.8 Å².